The van der Waals surface area contributed by atoms with Crippen LogP contribution in [-0.2, 0) is 5.41 Å². The Morgan fingerprint density at radius 3 is 1.68 bits per heavy atom. The predicted molar refractivity (Wildman–Crippen MR) is 178 cm³/mol. The maximum atomic E-state index is 6.62. The summed E-state index contributed by atoms with van der Waals surface area (Å²) >= 11 is 7.65. The Balaban J connectivity index is 1.69. The fraction of sp³-hybridized carbons (Fsp3) is 0.351. The molecule has 0 bridgehead atoms. The summed E-state index contributed by atoms with van der Waals surface area (Å²) in [6.07, 6.45) is 2.15. The highest BCUT2D eigenvalue weighted by Gasteiger charge is 2.53. The Morgan fingerprint density at radius 2 is 1.15 bits per heavy atom. The van der Waals surface area contributed by atoms with Gasteiger partial charge in [-0.3, -0.25) is 0 Å². The van der Waals surface area contributed by atoms with Crippen molar-refractivity contribution in [3.63, 3.8) is 0 Å². The van der Waals surface area contributed by atoms with Crippen LogP contribution in [0.1, 0.15) is 73.9 Å². The zero-order valence-corrected chi connectivity index (χ0v) is 28.0. The molecule has 0 N–H and O–H groups in total. The minimum Gasteiger partial charge on any atom is -0.489 e. The maximum absolute atomic E-state index is 6.62. The van der Waals surface area contributed by atoms with Crippen LogP contribution in [0.15, 0.2) is 69.6 Å². The lowest BCUT2D eigenvalue weighted by Crippen LogP contribution is -2.27. The summed E-state index contributed by atoms with van der Waals surface area (Å²) in [4.78, 5) is 0. The lowest BCUT2D eigenvalue weighted by atomic mass is 9.69. The van der Waals surface area contributed by atoms with Gasteiger partial charge >= 0.3 is 0 Å². The van der Waals surface area contributed by atoms with Gasteiger partial charge in [-0.1, -0.05) is 102 Å². The molecule has 41 heavy (non-hydrogen) atoms. The molecule has 4 aromatic rings. The number of hydrogen-bond donors (Lipinski definition) is 0. The molecule has 1 spiro atoms. The van der Waals surface area contributed by atoms with Crippen LogP contribution < -0.4 is 9.47 Å². The van der Waals surface area contributed by atoms with Gasteiger partial charge in [0.15, 0.2) is 11.5 Å². The van der Waals surface area contributed by atoms with Crippen LogP contribution >= 0.6 is 31.9 Å². The fourth-order valence-electron chi connectivity index (χ4n) is 6.66. The van der Waals surface area contributed by atoms with Crippen molar-refractivity contribution in [1.29, 1.82) is 0 Å². The molecule has 0 radical (unpaired) electrons. The van der Waals surface area contributed by atoms with Gasteiger partial charge in [0, 0.05) is 8.95 Å². The summed E-state index contributed by atoms with van der Waals surface area (Å²) < 4.78 is 15.3. The highest BCUT2D eigenvalue weighted by Crippen LogP contribution is 2.65. The van der Waals surface area contributed by atoms with E-state index in [1.807, 2.05) is 0 Å². The number of aryl methyl sites for hydroxylation is 2. The largest absolute Gasteiger partial charge is 0.489 e. The Labute approximate surface area is 261 Å². The third-order valence-electron chi connectivity index (χ3n) is 9.13. The van der Waals surface area contributed by atoms with E-state index in [1.165, 1.54) is 55.6 Å². The average molecular weight is 675 g/mol. The van der Waals surface area contributed by atoms with Crippen LogP contribution in [0.25, 0.3) is 22.3 Å². The minimum atomic E-state index is -0.454. The van der Waals surface area contributed by atoms with Crippen molar-refractivity contribution < 1.29 is 9.47 Å². The molecule has 2 aliphatic carbocycles. The summed E-state index contributed by atoms with van der Waals surface area (Å²) in [5.41, 5.74) is 12.5. The van der Waals surface area contributed by atoms with Gasteiger partial charge in [0.1, 0.15) is 0 Å². The van der Waals surface area contributed by atoms with Crippen molar-refractivity contribution >= 4 is 31.9 Å². The summed E-state index contributed by atoms with van der Waals surface area (Å²) in [6.45, 7) is 14.7. The molecule has 2 aliphatic rings. The smallest absolute Gasteiger partial charge is 0.161 e. The van der Waals surface area contributed by atoms with Crippen LogP contribution in [-0.4, -0.2) is 13.2 Å². The third kappa shape index (κ3) is 4.57. The molecule has 0 aromatic heterocycles. The zero-order valence-electron chi connectivity index (χ0n) is 24.8. The van der Waals surface area contributed by atoms with E-state index in [0.717, 1.165) is 33.3 Å². The minimum absolute atomic E-state index is 0.454. The molecule has 4 aromatic carbocycles. The second-order valence-corrected chi connectivity index (χ2v) is 14.0. The van der Waals surface area contributed by atoms with Gasteiger partial charge in [-0.25, -0.2) is 0 Å². The van der Waals surface area contributed by atoms with E-state index >= 15 is 0 Å². The van der Waals surface area contributed by atoms with Crippen molar-refractivity contribution in [2.75, 3.05) is 13.2 Å². The number of rotatable bonds is 8. The highest BCUT2D eigenvalue weighted by atomic mass is 79.9. The van der Waals surface area contributed by atoms with E-state index in [4.69, 9.17) is 9.47 Å². The van der Waals surface area contributed by atoms with Gasteiger partial charge in [-0.2, -0.15) is 0 Å². The summed E-state index contributed by atoms with van der Waals surface area (Å²) in [5.74, 6) is 2.61. The first kappa shape index (κ1) is 28.6. The fourth-order valence-corrected chi connectivity index (χ4v) is 7.38. The molecule has 0 fully saturated rings. The Morgan fingerprint density at radius 1 is 0.634 bits per heavy atom. The van der Waals surface area contributed by atoms with E-state index in [-0.39, 0.29) is 0 Å². The van der Waals surface area contributed by atoms with E-state index in [1.54, 1.807) is 0 Å². The number of ether oxygens (including phenoxy) is 2. The molecular weight excluding hydrogens is 636 g/mol. The normalized spacial score (nSPS) is 15.2. The first-order chi connectivity index (χ1) is 19.7. The predicted octanol–water partition coefficient (Wildman–Crippen LogP) is 11.0. The molecule has 6 rings (SSSR count). The molecule has 0 saturated carbocycles. The van der Waals surface area contributed by atoms with Crippen LogP contribution in [0.4, 0.5) is 0 Å². The monoisotopic (exact) mass is 672 g/mol. The molecule has 4 heteroatoms. The van der Waals surface area contributed by atoms with Crippen molar-refractivity contribution in [1.82, 2.24) is 0 Å². The number of hydrogen-bond acceptors (Lipinski definition) is 2. The number of benzene rings is 4. The summed E-state index contributed by atoms with van der Waals surface area (Å²) in [6, 6.07) is 22.8. The first-order valence-corrected chi connectivity index (χ1v) is 16.4. The molecule has 2 nitrogen and oxygen atoms in total. The van der Waals surface area contributed by atoms with Crippen molar-refractivity contribution in [3.05, 3.63) is 103 Å². The molecule has 0 amide bonds. The standard InChI is InChI=1S/C37H38Br2O2/c1-7-21(3)19-40-34-17-29-30-14-23(5)13-24(6)36(30)37(33(29)18-35(34)41-20-22(4)8-2)31-15-25(38)9-11-27(31)28-12-10-26(39)16-32(28)37/h9-18,21-22H,7-8,19-20H2,1-6H3. The van der Waals surface area contributed by atoms with E-state index < -0.39 is 5.41 Å². The number of fused-ring (bicyclic) bond motifs is 10. The molecular formula is C37H38Br2O2. The quantitative estimate of drug-likeness (QED) is 0.160. The first-order valence-electron chi connectivity index (χ1n) is 14.9. The van der Waals surface area contributed by atoms with E-state index in [0.29, 0.717) is 25.0 Å². The second kappa shape index (κ2) is 10.9. The van der Waals surface area contributed by atoms with Crippen molar-refractivity contribution in [2.45, 2.75) is 59.8 Å². The molecule has 2 atom stereocenters. The Hall–Kier alpha value is -2.56. The van der Waals surface area contributed by atoms with Crippen LogP contribution in [0, 0.1) is 25.7 Å². The summed E-state index contributed by atoms with van der Waals surface area (Å²) in [7, 11) is 0. The molecule has 212 valence electrons. The van der Waals surface area contributed by atoms with Crippen LogP contribution in [0.3, 0.4) is 0 Å². The zero-order chi connectivity index (χ0) is 29.1. The lowest BCUT2D eigenvalue weighted by molar-refractivity contribution is 0.217. The molecule has 0 aliphatic heterocycles. The molecule has 0 saturated heterocycles. The highest BCUT2D eigenvalue weighted by molar-refractivity contribution is 9.10. The van der Waals surface area contributed by atoms with Gasteiger partial charge in [-0.05, 0) is 112 Å². The third-order valence-corrected chi connectivity index (χ3v) is 10.1. The SMILES string of the molecule is CCC(C)COc1cc2c(cc1OCC(C)CC)C1(c3cc(Br)ccc3-c3ccc(Br)cc31)c1c(C)cc(C)cc1-2. The van der Waals surface area contributed by atoms with Crippen LogP contribution in [0.2, 0.25) is 0 Å². The van der Waals surface area contributed by atoms with Crippen molar-refractivity contribution in [2.24, 2.45) is 11.8 Å². The topological polar surface area (TPSA) is 18.5 Å². The molecule has 0 heterocycles. The van der Waals surface area contributed by atoms with Crippen LogP contribution in [0.5, 0.6) is 11.5 Å². The van der Waals surface area contributed by atoms with Gasteiger partial charge in [0.05, 0.1) is 18.6 Å². The van der Waals surface area contributed by atoms with Gasteiger partial charge in [-0.15, -0.1) is 0 Å². The molecule has 2 unspecified atom stereocenters. The van der Waals surface area contributed by atoms with Crippen molar-refractivity contribution in [3.8, 4) is 33.8 Å². The Bertz CT molecular complexity index is 1600. The second-order valence-electron chi connectivity index (χ2n) is 12.1. The van der Waals surface area contributed by atoms with Gasteiger partial charge < -0.3 is 9.47 Å². The van der Waals surface area contributed by atoms with E-state index in [9.17, 15) is 0 Å². The summed E-state index contributed by atoms with van der Waals surface area (Å²) in [5, 5.41) is 0. The van der Waals surface area contributed by atoms with E-state index in [2.05, 4.69) is 134 Å². The lowest BCUT2D eigenvalue weighted by Gasteiger charge is -2.32. The maximum Gasteiger partial charge on any atom is 0.161 e. The van der Waals surface area contributed by atoms with Gasteiger partial charge in [0.25, 0.3) is 0 Å². The Kier molecular flexibility index (Phi) is 7.61. The average Bonchev–Trinajstić information content (AvgIpc) is 3.39. The number of halogens is 2. The van der Waals surface area contributed by atoms with Gasteiger partial charge in [0.2, 0.25) is 0 Å².